The first kappa shape index (κ1) is 12.7. The number of hydrogen-bond donors (Lipinski definition) is 0. The summed E-state index contributed by atoms with van der Waals surface area (Å²) >= 11 is 0. The third kappa shape index (κ3) is 2.08. The summed E-state index contributed by atoms with van der Waals surface area (Å²) in [6.07, 6.45) is 1.97. The van der Waals surface area contributed by atoms with Crippen molar-refractivity contribution in [2.24, 2.45) is 0 Å². The van der Waals surface area contributed by atoms with Gasteiger partial charge < -0.3 is 9.64 Å². The summed E-state index contributed by atoms with van der Waals surface area (Å²) in [5.74, 6) is 2.04. The van der Waals surface area contributed by atoms with Gasteiger partial charge in [-0.1, -0.05) is 0 Å². The highest BCUT2D eigenvalue weighted by atomic mass is 16.5. The van der Waals surface area contributed by atoms with Crippen LogP contribution in [0.25, 0.3) is 0 Å². The van der Waals surface area contributed by atoms with E-state index in [2.05, 4.69) is 42.5 Å². The fourth-order valence-corrected chi connectivity index (χ4v) is 2.99. The van der Waals surface area contributed by atoms with E-state index in [1.165, 1.54) is 11.1 Å². The average Bonchev–Trinajstić information content (AvgIpc) is 2.41. The summed E-state index contributed by atoms with van der Waals surface area (Å²) < 4.78 is 6.00. The van der Waals surface area contributed by atoms with Crippen LogP contribution in [0.15, 0.2) is 6.20 Å². The quantitative estimate of drug-likeness (QED) is 0.773. The van der Waals surface area contributed by atoms with Crippen molar-refractivity contribution in [3.63, 3.8) is 0 Å². The van der Waals surface area contributed by atoms with Crippen molar-refractivity contribution in [2.75, 3.05) is 31.1 Å². The largest absolute Gasteiger partial charge is 0.487 e. The number of fused-ring (bicyclic) bond motifs is 3. The first-order valence-electron chi connectivity index (χ1n) is 7.17. The molecule has 0 aromatic carbocycles. The van der Waals surface area contributed by atoms with E-state index in [9.17, 15) is 0 Å². The van der Waals surface area contributed by atoms with Crippen molar-refractivity contribution in [1.82, 2.24) is 9.88 Å². The van der Waals surface area contributed by atoms with Gasteiger partial charge in [-0.25, -0.2) is 4.98 Å². The van der Waals surface area contributed by atoms with Crippen molar-refractivity contribution in [1.29, 1.82) is 0 Å². The minimum absolute atomic E-state index is 0.443. The molecule has 0 radical (unpaired) electrons. The standard InChI is InChI=1S/C15H23N3O/c1-10(2)17-5-6-18-13(8-17)9-19-14-12(4)11(3)7-16-15(14)18/h7,10,13H,5-6,8-9H2,1-4H3. The van der Waals surface area contributed by atoms with Gasteiger partial charge in [0.2, 0.25) is 0 Å². The molecule has 3 heterocycles. The third-order valence-corrected chi connectivity index (χ3v) is 4.45. The normalized spacial score (nSPS) is 23.0. The molecule has 1 unspecified atom stereocenters. The van der Waals surface area contributed by atoms with E-state index in [0.29, 0.717) is 12.1 Å². The van der Waals surface area contributed by atoms with Gasteiger partial charge in [0.1, 0.15) is 6.61 Å². The predicted molar refractivity (Wildman–Crippen MR) is 77.0 cm³/mol. The lowest BCUT2D eigenvalue weighted by atomic mass is 10.1. The lowest BCUT2D eigenvalue weighted by molar-refractivity contribution is 0.140. The topological polar surface area (TPSA) is 28.6 Å². The number of rotatable bonds is 1. The molecule has 0 spiro atoms. The Morgan fingerprint density at radius 1 is 1.32 bits per heavy atom. The molecule has 0 N–H and O–H groups in total. The SMILES string of the molecule is Cc1cnc2c(c1C)OCC1CN(C(C)C)CCN21. The highest BCUT2D eigenvalue weighted by Gasteiger charge is 2.35. The van der Waals surface area contributed by atoms with Crippen molar-refractivity contribution in [3.05, 3.63) is 17.3 Å². The second-order valence-corrected chi connectivity index (χ2v) is 5.97. The molecular weight excluding hydrogens is 238 g/mol. The molecule has 1 aromatic heterocycles. The number of nitrogens with zero attached hydrogens (tertiary/aromatic N) is 3. The number of pyridine rings is 1. The number of ether oxygens (including phenoxy) is 1. The first-order chi connectivity index (χ1) is 9.08. The minimum atomic E-state index is 0.443. The van der Waals surface area contributed by atoms with Crippen LogP contribution < -0.4 is 9.64 Å². The molecule has 104 valence electrons. The molecule has 2 aliphatic heterocycles. The highest BCUT2D eigenvalue weighted by molar-refractivity contribution is 5.60. The maximum atomic E-state index is 6.00. The first-order valence-corrected chi connectivity index (χ1v) is 7.17. The van der Waals surface area contributed by atoms with Crippen molar-refractivity contribution >= 4 is 5.82 Å². The molecular formula is C15H23N3O. The van der Waals surface area contributed by atoms with Crippen LogP contribution in [0.3, 0.4) is 0 Å². The molecule has 0 aliphatic carbocycles. The van der Waals surface area contributed by atoms with Crippen LogP contribution in [0.4, 0.5) is 5.82 Å². The summed E-state index contributed by atoms with van der Waals surface area (Å²) in [5.41, 5.74) is 2.44. The molecule has 2 aliphatic rings. The number of aryl methyl sites for hydroxylation is 1. The zero-order valence-electron chi connectivity index (χ0n) is 12.3. The summed E-state index contributed by atoms with van der Waals surface area (Å²) in [5, 5.41) is 0. The van der Waals surface area contributed by atoms with Gasteiger partial charge in [0.15, 0.2) is 11.6 Å². The third-order valence-electron chi connectivity index (χ3n) is 4.45. The van der Waals surface area contributed by atoms with Crippen molar-refractivity contribution in [3.8, 4) is 5.75 Å². The molecule has 0 amide bonds. The smallest absolute Gasteiger partial charge is 0.172 e. The predicted octanol–water partition coefficient (Wildman–Crippen LogP) is 1.99. The molecule has 1 aromatic rings. The van der Waals surface area contributed by atoms with Crippen LogP contribution in [0, 0.1) is 13.8 Å². The Hall–Kier alpha value is -1.29. The van der Waals surface area contributed by atoms with E-state index in [0.717, 1.165) is 37.8 Å². The molecule has 0 saturated carbocycles. The van der Waals surface area contributed by atoms with Crippen molar-refractivity contribution < 1.29 is 4.74 Å². The van der Waals surface area contributed by atoms with E-state index >= 15 is 0 Å². The highest BCUT2D eigenvalue weighted by Crippen LogP contribution is 2.37. The molecule has 1 atom stereocenters. The summed E-state index contributed by atoms with van der Waals surface area (Å²) in [6.45, 7) is 12.8. The van der Waals surface area contributed by atoms with Crippen LogP contribution in [0.1, 0.15) is 25.0 Å². The molecule has 4 heteroatoms. The monoisotopic (exact) mass is 261 g/mol. The number of hydrogen-bond acceptors (Lipinski definition) is 4. The zero-order chi connectivity index (χ0) is 13.6. The summed E-state index contributed by atoms with van der Waals surface area (Å²) in [6, 6.07) is 1.05. The van der Waals surface area contributed by atoms with E-state index in [4.69, 9.17) is 4.74 Å². The van der Waals surface area contributed by atoms with Gasteiger partial charge in [0, 0.05) is 31.9 Å². The Labute approximate surface area is 115 Å². The van der Waals surface area contributed by atoms with Gasteiger partial charge in [-0.05, 0) is 38.8 Å². The maximum Gasteiger partial charge on any atom is 0.172 e. The van der Waals surface area contributed by atoms with Gasteiger partial charge in [-0.15, -0.1) is 0 Å². The van der Waals surface area contributed by atoms with E-state index in [-0.39, 0.29) is 0 Å². The molecule has 4 nitrogen and oxygen atoms in total. The lowest BCUT2D eigenvalue weighted by Crippen LogP contribution is -2.58. The molecule has 0 bridgehead atoms. The fraction of sp³-hybridized carbons (Fsp3) is 0.667. The Kier molecular flexibility index (Phi) is 3.13. The second kappa shape index (κ2) is 4.67. The molecule has 3 rings (SSSR count). The summed E-state index contributed by atoms with van der Waals surface area (Å²) in [7, 11) is 0. The summed E-state index contributed by atoms with van der Waals surface area (Å²) in [4.78, 5) is 9.58. The number of piperazine rings is 1. The minimum Gasteiger partial charge on any atom is -0.487 e. The Morgan fingerprint density at radius 2 is 2.11 bits per heavy atom. The van der Waals surface area contributed by atoms with Gasteiger partial charge in [0.05, 0.1) is 6.04 Å². The van der Waals surface area contributed by atoms with E-state index in [1.807, 2.05) is 6.20 Å². The molecule has 19 heavy (non-hydrogen) atoms. The van der Waals surface area contributed by atoms with Gasteiger partial charge >= 0.3 is 0 Å². The Morgan fingerprint density at radius 3 is 2.84 bits per heavy atom. The maximum absolute atomic E-state index is 6.00. The Balaban J connectivity index is 1.89. The molecule has 1 fully saturated rings. The van der Waals surface area contributed by atoms with Gasteiger partial charge in [-0.3, -0.25) is 4.90 Å². The number of anilines is 1. The van der Waals surface area contributed by atoms with Crippen LogP contribution in [-0.2, 0) is 0 Å². The van der Waals surface area contributed by atoms with Crippen LogP contribution in [-0.4, -0.2) is 48.2 Å². The van der Waals surface area contributed by atoms with Crippen LogP contribution >= 0.6 is 0 Å². The van der Waals surface area contributed by atoms with Crippen LogP contribution in [0.5, 0.6) is 5.75 Å². The van der Waals surface area contributed by atoms with Gasteiger partial charge in [0.25, 0.3) is 0 Å². The average molecular weight is 261 g/mol. The van der Waals surface area contributed by atoms with Crippen LogP contribution in [0.2, 0.25) is 0 Å². The van der Waals surface area contributed by atoms with E-state index < -0.39 is 0 Å². The van der Waals surface area contributed by atoms with E-state index in [1.54, 1.807) is 0 Å². The number of aromatic nitrogens is 1. The Bertz CT molecular complexity index is 487. The second-order valence-electron chi connectivity index (χ2n) is 5.97. The lowest BCUT2D eigenvalue weighted by Gasteiger charge is -2.46. The van der Waals surface area contributed by atoms with Gasteiger partial charge in [-0.2, -0.15) is 0 Å². The van der Waals surface area contributed by atoms with Crippen molar-refractivity contribution in [2.45, 2.75) is 39.8 Å². The zero-order valence-corrected chi connectivity index (χ0v) is 12.3. The fourth-order valence-electron chi connectivity index (χ4n) is 2.99. The molecule has 1 saturated heterocycles.